The number of benzene rings is 2. The van der Waals surface area contributed by atoms with Crippen molar-refractivity contribution >= 4 is 29.4 Å². The maximum absolute atomic E-state index is 12.7. The van der Waals surface area contributed by atoms with E-state index in [1.54, 1.807) is 16.6 Å². The van der Waals surface area contributed by atoms with E-state index in [9.17, 15) is 9.59 Å². The van der Waals surface area contributed by atoms with E-state index < -0.39 is 0 Å². The van der Waals surface area contributed by atoms with Gasteiger partial charge in [0.1, 0.15) is 0 Å². The lowest BCUT2D eigenvalue weighted by Gasteiger charge is -2.10. The Bertz CT molecular complexity index is 1290. The van der Waals surface area contributed by atoms with Gasteiger partial charge in [0.15, 0.2) is 0 Å². The number of carbonyl (C=O) groups is 2. The van der Waals surface area contributed by atoms with Crippen molar-refractivity contribution in [2.45, 2.75) is 31.3 Å². The minimum atomic E-state index is -0.294. The van der Waals surface area contributed by atoms with E-state index in [0.717, 1.165) is 22.5 Å². The van der Waals surface area contributed by atoms with Crippen LogP contribution in [0.1, 0.15) is 32.9 Å². The number of amides is 2. The van der Waals surface area contributed by atoms with E-state index in [1.807, 2.05) is 62.4 Å². The molecule has 0 radical (unpaired) electrons. The molecule has 2 aromatic carbocycles. The molecule has 9 heteroatoms. The quantitative estimate of drug-likeness (QED) is 0.392. The van der Waals surface area contributed by atoms with Crippen LogP contribution in [0.15, 0.2) is 65.8 Å². The van der Waals surface area contributed by atoms with Gasteiger partial charge in [-0.2, -0.15) is 4.98 Å². The fourth-order valence-electron chi connectivity index (χ4n) is 3.33. The predicted octanol–water partition coefficient (Wildman–Crippen LogP) is 3.08. The first-order valence-corrected chi connectivity index (χ1v) is 11.5. The van der Waals surface area contributed by atoms with Crippen LogP contribution < -0.4 is 10.6 Å². The second-order valence-electron chi connectivity index (χ2n) is 7.54. The fourth-order valence-corrected chi connectivity index (χ4v) is 4.16. The normalized spacial score (nSPS) is 10.8. The number of nitrogens with one attached hydrogen (secondary N) is 2. The van der Waals surface area contributed by atoms with Crippen molar-refractivity contribution in [2.75, 3.05) is 6.54 Å². The van der Waals surface area contributed by atoms with Gasteiger partial charge in [-0.05, 0) is 37.1 Å². The third-order valence-corrected chi connectivity index (χ3v) is 5.85. The highest BCUT2D eigenvalue weighted by molar-refractivity contribution is 7.98. The van der Waals surface area contributed by atoms with Crippen molar-refractivity contribution in [1.29, 1.82) is 0 Å². The Morgan fingerprint density at radius 2 is 1.73 bits per heavy atom. The van der Waals surface area contributed by atoms with Gasteiger partial charge in [0, 0.05) is 29.2 Å². The molecule has 0 aliphatic heterocycles. The molecule has 2 aromatic heterocycles. The number of nitrogens with zero attached hydrogens (tertiary/aromatic N) is 4. The van der Waals surface area contributed by atoms with E-state index >= 15 is 0 Å². The summed E-state index contributed by atoms with van der Waals surface area (Å²) in [5.74, 6) is 0.532. The van der Waals surface area contributed by atoms with Gasteiger partial charge in [-0.3, -0.25) is 9.59 Å². The van der Waals surface area contributed by atoms with Crippen molar-refractivity contribution in [1.82, 2.24) is 30.2 Å². The molecule has 2 amide bonds. The summed E-state index contributed by atoms with van der Waals surface area (Å²) in [4.78, 5) is 33.7. The van der Waals surface area contributed by atoms with Gasteiger partial charge >= 0.3 is 0 Å². The first-order chi connectivity index (χ1) is 16.0. The summed E-state index contributed by atoms with van der Waals surface area (Å²) in [7, 11) is 0. The van der Waals surface area contributed by atoms with Crippen molar-refractivity contribution in [3.8, 4) is 0 Å². The van der Waals surface area contributed by atoms with Crippen LogP contribution in [0, 0.1) is 13.8 Å². The van der Waals surface area contributed by atoms with Crippen LogP contribution in [0.2, 0.25) is 0 Å². The molecule has 4 rings (SSSR count). The molecule has 33 heavy (non-hydrogen) atoms. The third kappa shape index (κ3) is 5.75. The van der Waals surface area contributed by atoms with Crippen LogP contribution in [0.5, 0.6) is 0 Å². The highest BCUT2D eigenvalue weighted by Crippen LogP contribution is 2.22. The van der Waals surface area contributed by atoms with E-state index in [4.69, 9.17) is 0 Å². The minimum absolute atomic E-state index is 0.0918. The lowest BCUT2D eigenvalue weighted by Crippen LogP contribution is -2.36. The summed E-state index contributed by atoms with van der Waals surface area (Å²) in [6, 6.07) is 18.9. The Morgan fingerprint density at radius 1 is 0.970 bits per heavy atom. The number of carbonyl (C=O) groups excluding carboxylic acids is 2. The SMILES string of the molecule is Cc1cc(C)n2nc(SCc3ccccc3C(=O)NCC(=O)NCc3ccccc3)nc2n1. The molecule has 0 bridgehead atoms. The highest BCUT2D eigenvalue weighted by Gasteiger charge is 2.14. The first kappa shape index (κ1) is 22.5. The molecule has 0 saturated carbocycles. The summed E-state index contributed by atoms with van der Waals surface area (Å²) in [6.45, 7) is 4.21. The topological polar surface area (TPSA) is 101 Å². The zero-order valence-electron chi connectivity index (χ0n) is 18.4. The molecule has 4 aromatic rings. The van der Waals surface area contributed by atoms with Crippen LogP contribution in [0.4, 0.5) is 0 Å². The largest absolute Gasteiger partial charge is 0.350 e. The van der Waals surface area contributed by atoms with Gasteiger partial charge in [0.25, 0.3) is 11.7 Å². The molecule has 0 aliphatic carbocycles. The first-order valence-electron chi connectivity index (χ1n) is 10.5. The molecule has 168 valence electrons. The zero-order valence-corrected chi connectivity index (χ0v) is 19.2. The second kappa shape index (κ2) is 10.3. The summed E-state index contributed by atoms with van der Waals surface area (Å²) in [5, 5.41) is 10.6. The summed E-state index contributed by atoms with van der Waals surface area (Å²) in [6.07, 6.45) is 0. The lowest BCUT2D eigenvalue weighted by atomic mass is 10.1. The van der Waals surface area contributed by atoms with Crippen LogP contribution in [-0.2, 0) is 17.1 Å². The highest BCUT2D eigenvalue weighted by atomic mass is 32.2. The Kier molecular flexibility index (Phi) is 6.99. The second-order valence-corrected chi connectivity index (χ2v) is 8.48. The maximum Gasteiger partial charge on any atom is 0.253 e. The molecule has 2 N–H and O–H groups in total. The molecule has 8 nitrogen and oxygen atoms in total. The molecular formula is C24H24N6O2S. The molecule has 0 saturated heterocycles. The molecular weight excluding hydrogens is 436 g/mol. The average molecular weight is 461 g/mol. The Balaban J connectivity index is 1.35. The van der Waals surface area contributed by atoms with Crippen LogP contribution in [0.3, 0.4) is 0 Å². The number of fused-ring (bicyclic) bond motifs is 1. The smallest absolute Gasteiger partial charge is 0.253 e. The molecule has 0 fully saturated rings. The van der Waals surface area contributed by atoms with Crippen molar-refractivity contribution < 1.29 is 9.59 Å². The minimum Gasteiger partial charge on any atom is -0.350 e. The Labute approximate surface area is 195 Å². The molecule has 0 unspecified atom stereocenters. The van der Waals surface area contributed by atoms with E-state index in [1.165, 1.54) is 11.8 Å². The number of thioether (sulfide) groups is 1. The Morgan fingerprint density at radius 3 is 2.55 bits per heavy atom. The molecule has 2 heterocycles. The predicted molar refractivity (Wildman–Crippen MR) is 127 cm³/mol. The lowest BCUT2D eigenvalue weighted by molar-refractivity contribution is -0.120. The summed E-state index contributed by atoms with van der Waals surface area (Å²) in [5.41, 5.74) is 4.21. The van der Waals surface area contributed by atoms with Gasteiger partial charge in [0.05, 0.1) is 6.54 Å². The monoisotopic (exact) mass is 460 g/mol. The van der Waals surface area contributed by atoms with Crippen LogP contribution in [0.25, 0.3) is 5.78 Å². The number of hydrogen-bond donors (Lipinski definition) is 2. The molecule has 0 aliphatic rings. The van der Waals surface area contributed by atoms with Gasteiger partial charge < -0.3 is 10.6 Å². The summed E-state index contributed by atoms with van der Waals surface area (Å²) >= 11 is 1.43. The third-order valence-electron chi connectivity index (χ3n) is 4.96. The van der Waals surface area contributed by atoms with E-state index in [2.05, 4.69) is 25.7 Å². The van der Waals surface area contributed by atoms with E-state index in [-0.39, 0.29) is 18.4 Å². The van der Waals surface area contributed by atoms with Crippen LogP contribution >= 0.6 is 11.8 Å². The van der Waals surface area contributed by atoms with E-state index in [0.29, 0.717) is 28.8 Å². The average Bonchev–Trinajstić information content (AvgIpc) is 3.24. The van der Waals surface area contributed by atoms with Crippen molar-refractivity contribution in [3.63, 3.8) is 0 Å². The number of rotatable bonds is 8. The van der Waals surface area contributed by atoms with Gasteiger partial charge in [0.2, 0.25) is 11.1 Å². The van der Waals surface area contributed by atoms with Gasteiger partial charge in [-0.15, -0.1) is 5.10 Å². The zero-order chi connectivity index (χ0) is 23.2. The van der Waals surface area contributed by atoms with Gasteiger partial charge in [-0.25, -0.2) is 9.50 Å². The maximum atomic E-state index is 12.7. The summed E-state index contributed by atoms with van der Waals surface area (Å²) < 4.78 is 1.71. The van der Waals surface area contributed by atoms with Crippen LogP contribution in [-0.4, -0.2) is 37.9 Å². The number of hydrogen-bond acceptors (Lipinski definition) is 6. The van der Waals surface area contributed by atoms with Crippen molar-refractivity contribution in [2.24, 2.45) is 0 Å². The standard InChI is InChI=1S/C24H24N6O2S/c1-16-12-17(2)30-23(27-16)28-24(29-30)33-15-19-10-6-7-11-20(19)22(32)26-14-21(31)25-13-18-8-4-3-5-9-18/h3-12H,13-15H2,1-2H3,(H,25,31)(H,26,32). The van der Waals surface area contributed by atoms with Crippen molar-refractivity contribution in [3.05, 3.63) is 88.7 Å². The number of aryl methyl sites for hydroxylation is 2. The number of aromatic nitrogens is 4. The molecule has 0 atom stereocenters. The fraction of sp³-hybridized carbons (Fsp3) is 0.208. The Hall–Kier alpha value is -3.72. The molecule has 0 spiro atoms. The van der Waals surface area contributed by atoms with Gasteiger partial charge in [-0.1, -0.05) is 60.3 Å².